The van der Waals surface area contributed by atoms with Gasteiger partial charge in [0.2, 0.25) is 0 Å². The minimum atomic E-state index is -3.31. The topological polar surface area (TPSA) is 141 Å². The van der Waals surface area contributed by atoms with Crippen LogP contribution in [0.1, 0.15) is 23.3 Å². The molecular weight excluding hydrogens is 429 g/mol. The zero-order valence-corrected chi connectivity index (χ0v) is 19.3. The first-order valence-electron chi connectivity index (χ1n) is 13.0. The number of carbonyl (C=O) groups is 1. The third kappa shape index (κ3) is 6.63. The zero-order valence-electron chi connectivity index (χ0n) is 24.3. The Labute approximate surface area is 218 Å². The molecule has 6 atom stereocenters. The van der Waals surface area contributed by atoms with Crippen molar-refractivity contribution in [1.29, 1.82) is 0 Å². The molecule has 0 saturated carbocycles. The Morgan fingerprint density at radius 2 is 1.91 bits per heavy atom. The number of hydrogen-bond donors (Lipinski definition) is 4. The number of benzene rings is 2. The van der Waals surface area contributed by atoms with Gasteiger partial charge in [-0.25, -0.2) is 0 Å². The molecule has 0 aromatic heterocycles. The van der Waals surface area contributed by atoms with Crippen molar-refractivity contribution in [3.8, 4) is 5.75 Å². The van der Waals surface area contributed by atoms with Crippen molar-refractivity contribution in [2.24, 2.45) is 0 Å². The van der Waals surface area contributed by atoms with Crippen molar-refractivity contribution in [3.63, 3.8) is 0 Å². The minimum absolute atomic E-state index is 0. The Morgan fingerprint density at radius 3 is 2.62 bits per heavy atom. The second-order valence-corrected chi connectivity index (χ2v) is 7.02. The zero-order chi connectivity index (χ0) is 28.5. The van der Waals surface area contributed by atoms with Gasteiger partial charge < -0.3 is 44.7 Å². The fourth-order valence-electron chi connectivity index (χ4n) is 3.21. The van der Waals surface area contributed by atoms with E-state index in [9.17, 15) is 25.2 Å². The molecule has 0 radical (unpaired) electrons. The van der Waals surface area contributed by atoms with Crippen molar-refractivity contribution in [3.05, 3.63) is 42.5 Å². The summed E-state index contributed by atoms with van der Waals surface area (Å²) in [4.78, 5) is 11.3. The molecule has 9 nitrogen and oxygen atoms in total. The van der Waals surface area contributed by atoms with Gasteiger partial charge in [-0.2, -0.15) is 0 Å². The number of nitrogens with one attached hydrogen (secondary N) is 1. The largest absolute Gasteiger partial charge is 1.00 e. The summed E-state index contributed by atoms with van der Waals surface area (Å²) in [6, 6.07) is 9.23. The van der Waals surface area contributed by atoms with E-state index in [2.05, 4.69) is 5.32 Å². The molecular formula is C22H28NNaO8. The summed E-state index contributed by atoms with van der Waals surface area (Å²) < 4.78 is 70.1. The molecule has 2 aromatic rings. The second kappa shape index (κ2) is 12.3. The molecule has 0 aliphatic carbocycles. The molecule has 1 aliphatic rings. The molecule has 0 bridgehead atoms. The number of aliphatic hydroxyl groups excluding tert-OH is 3. The van der Waals surface area contributed by atoms with Crippen LogP contribution in [0, 0.1) is 0 Å². The average molecular weight is 464 g/mol. The number of rotatable bonds is 9. The van der Waals surface area contributed by atoms with E-state index in [0.717, 1.165) is 5.39 Å². The quantitative estimate of drug-likeness (QED) is 0.275. The maximum Gasteiger partial charge on any atom is 1.00 e. The van der Waals surface area contributed by atoms with Crippen LogP contribution in [0.3, 0.4) is 0 Å². The van der Waals surface area contributed by atoms with E-state index in [4.69, 9.17) is 23.8 Å². The molecule has 170 valence electrons. The molecule has 10 heteroatoms. The molecule has 1 aliphatic heterocycles. The van der Waals surface area contributed by atoms with Gasteiger partial charge in [0.05, 0.1) is 5.97 Å². The van der Waals surface area contributed by atoms with Gasteiger partial charge in [-0.1, -0.05) is 50.1 Å². The van der Waals surface area contributed by atoms with E-state index in [1.54, 1.807) is 24.3 Å². The van der Waals surface area contributed by atoms with Crippen LogP contribution in [0.2, 0.25) is 0 Å². The van der Waals surface area contributed by atoms with Crippen LogP contribution in [0.15, 0.2) is 42.5 Å². The van der Waals surface area contributed by atoms with Crippen LogP contribution in [-0.2, 0) is 14.3 Å². The summed E-state index contributed by atoms with van der Waals surface area (Å²) in [5, 5.41) is 45.3. The maximum absolute atomic E-state index is 11.3. The van der Waals surface area contributed by atoms with E-state index >= 15 is 0 Å². The maximum atomic E-state index is 11.3. The summed E-state index contributed by atoms with van der Waals surface area (Å²) in [6.07, 6.45) is -11.3. The molecule has 0 spiro atoms. The molecule has 3 rings (SSSR count). The van der Waals surface area contributed by atoms with Crippen LogP contribution in [-0.4, -0.2) is 77.3 Å². The Hall–Kier alpha value is -1.27. The van der Waals surface area contributed by atoms with Crippen molar-refractivity contribution in [2.75, 3.05) is 13.2 Å². The molecule has 1 saturated heterocycles. The predicted octanol–water partition coefficient (Wildman–Crippen LogP) is -3.84. The van der Waals surface area contributed by atoms with E-state index in [0.29, 0.717) is 11.1 Å². The first kappa shape index (κ1) is 18.1. The predicted molar refractivity (Wildman–Crippen MR) is 109 cm³/mol. The number of carbonyl (C=O) groups excluding carboxylic acids is 1. The number of carboxylic acid groups (broad SMARTS) is 1. The van der Waals surface area contributed by atoms with E-state index in [1.807, 2.05) is 18.2 Å². The molecule has 1 fully saturated rings. The summed E-state index contributed by atoms with van der Waals surface area (Å²) in [5.41, 5.74) is 0. The number of aliphatic carboxylic acids is 1. The Morgan fingerprint density at radius 1 is 1.19 bits per heavy atom. The van der Waals surface area contributed by atoms with E-state index in [1.165, 1.54) is 0 Å². The Kier molecular flexibility index (Phi) is 6.94. The van der Waals surface area contributed by atoms with Crippen LogP contribution in [0.4, 0.5) is 0 Å². The average Bonchev–Trinajstić information content (AvgIpc) is 2.83. The van der Waals surface area contributed by atoms with Gasteiger partial charge in [-0.15, -0.1) is 0 Å². The summed E-state index contributed by atoms with van der Waals surface area (Å²) >= 11 is 0. The van der Waals surface area contributed by atoms with Gasteiger partial charge in [0.25, 0.3) is 0 Å². The van der Waals surface area contributed by atoms with Gasteiger partial charge in [0.15, 0.2) is 6.29 Å². The van der Waals surface area contributed by atoms with Crippen molar-refractivity contribution in [2.45, 2.75) is 56.5 Å². The van der Waals surface area contributed by atoms with Crippen LogP contribution < -0.4 is 44.7 Å². The smallest absolute Gasteiger partial charge is 0.547 e. The monoisotopic (exact) mass is 464 g/mol. The fraction of sp³-hybridized carbons (Fsp3) is 0.500. The SMILES string of the molecule is [2H]C([2H])([2H])C([2H])(NCC(COc1cccc2ccccc12)O[C@@H]1O[C@H](C(=O)[O-])[C@@H](O)[C@H](O)[C@H]1O)C([2H])([2H])[2H].[Na+]. The van der Waals surface area contributed by atoms with Crippen molar-refractivity contribution < 1.29 is 78.6 Å². The third-order valence-corrected chi connectivity index (χ3v) is 4.81. The van der Waals surface area contributed by atoms with E-state index in [-0.39, 0.29) is 29.6 Å². The molecule has 32 heavy (non-hydrogen) atoms. The minimum Gasteiger partial charge on any atom is -0.547 e. The summed E-state index contributed by atoms with van der Waals surface area (Å²) in [7, 11) is 0. The first-order valence-corrected chi connectivity index (χ1v) is 9.48. The number of aliphatic hydroxyl groups is 3. The number of hydrogen-bond acceptors (Lipinski definition) is 9. The Balaban J connectivity index is 0.00000533. The standard InChI is InChI=1S/C22H29NO8.Na/c1-12(2)23-10-14(11-29-16-9-5-7-13-6-3-4-8-15(13)16)30-22-19(26)17(24)18(25)20(31-22)21(27)28;/h3-9,12,14,17-20,22-26H,10-11H2,1-2H3,(H,27,28);/q;+1/p-1/t14?,17-,18-,19+,20-,22+;/m0./s1/i1D3,2D3,12D;. The summed E-state index contributed by atoms with van der Waals surface area (Å²) in [6.45, 7) is -7.67. The molecule has 4 N–H and O–H groups in total. The van der Waals surface area contributed by atoms with Crippen LogP contribution in [0.25, 0.3) is 10.8 Å². The van der Waals surface area contributed by atoms with Gasteiger partial charge in [-0.05, 0) is 11.5 Å². The summed E-state index contributed by atoms with van der Waals surface area (Å²) in [5.74, 6) is -1.53. The van der Waals surface area contributed by atoms with Crippen molar-refractivity contribution in [1.82, 2.24) is 5.32 Å². The van der Waals surface area contributed by atoms with Crippen molar-refractivity contribution >= 4 is 16.7 Å². The molecule has 1 unspecified atom stereocenters. The second-order valence-electron chi connectivity index (χ2n) is 7.02. The van der Waals surface area contributed by atoms with Crippen LogP contribution in [0.5, 0.6) is 5.75 Å². The van der Waals surface area contributed by atoms with Crippen LogP contribution >= 0.6 is 0 Å². The number of ether oxygens (including phenoxy) is 3. The van der Waals surface area contributed by atoms with Gasteiger partial charge in [0.1, 0.15) is 42.9 Å². The fourth-order valence-corrected chi connectivity index (χ4v) is 3.21. The molecule has 0 amide bonds. The van der Waals surface area contributed by atoms with Gasteiger partial charge in [-0.3, -0.25) is 0 Å². The normalized spacial score (nSPS) is 30.8. The Bertz CT molecular complexity index is 1100. The first-order chi connectivity index (χ1) is 17.6. The van der Waals surface area contributed by atoms with Gasteiger partial charge >= 0.3 is 29.6 Å². The third-order valence-electron chi connectivity index (χ3n) is 4.81. The number of carboxylic acids is 1. The van der Waals surface area contributed by atoms with Gasteiger partial charge in [0, 0.05) is 27.5 Å². The molecule has 2 aromatic carbocycles. The molecule has 1 heterocycles. The number of fused-ring (bicyclic) bond motifs is 1. The van der Waals surface area contributed by atoms with E-state index < -0.39 is 75.7 Å².